The summed E-state index contributed by atoms with van der Waals surface area (Å²) in [7, 11) is 0.469. The van der Waals surface area contributed by atoms with E-state index in [0.717, 1.165) is 12.1 Å². The quantitative estimate of drug-likeness (QED) is 0.644. The summed E-state index contributed by atoms with van der Waals surface area (Å²) >= 11 is 0. The van der Waals surface area contributed by atoms with Crippen molar-refractivity contribution in [3.8, 4) is 5.75 Å². The molecule has 0 saturated carbocycles. The van der Waals surface area contributed by atoms with Crippen LogP contribution < -0.4 is 14.4 Å². The van der Waals surface area contributed by atoms with Gasteiger partial charge in [0, 0.05) is 12.1 Å². The first-order valence-corrected chi connectivity index (χ1v) is 10.7. The van der Waals surface area contributed by atoms with E-state index in [1.54, 1.807) is 43.0 Å². The number of amides is 2. The first kappa shape index (κ1) is 23.2. The van der Waals surface area contributed by atoms with Gasteiger partial charge in [0.2, 0.25) is 0 Å². The molecule has 0 spiro atoms. The van der Waals surface area contributed by atoms with Crippen molar-refractivity contribution in [3.63, 3.8) is 0 Å². The van der Waals surface area contributed by atoms with Gasteiger partial charge in [-0.25, -0.2) is 4.79 Å². The second-order valence-electron chi connectivity index (χ2n) is 8.33. The third-order valence-corrected chi connectivity index (χ3v) is 5.32. The third kappa shape index (κ3) is 8.62. The van der Waals surface area contributed by atoms with Crippen molar-refractivity contribution >= 4 is 16.1 Å². The normalized spacial score (nSPS) is 12.3. The van der Waals surface area contributed by atoms with Crippen molar-refractivity contribution in [2.45, 2.75) is 52.0 Å². The Morgan fingerprint density at radius 3 is 2.19 bits per heavy atom. The number of hydrogen-bond acceptors (Lipinski definition) is 4. The molecule has 0 radical (unpaired) electrons. The zero-order valence-corrected chi connectivity index (χ0v) is 18.3. The molecular weight excluding hydrogens is 366 g/mol. The van der Waals surface area contributed by atoms with Crippen molar-refractivity contribution in [2.75, 3.05) is 27.2 Å². The highest BCUT2D eigenvalue weighted by Crippen LogP contribution is 2.17. The molecular formula is C19H34N3O4S+. The van der Waals surface area contributed by atoms with Crippen LogP contribution in [-0.2, 0) is 16.7 Å². The summed E-state index contributed by atoms with van der Waals surface area (Å²) in [6, 6.07) is 6.68. The van der Waals surface area contributed by atoms with Gasteiger partial charge in [-0.1, -0.05) is 12.1 Å². The molecule has 0 fully saturated rings. The van der Waals surface area contributed by atoms with Gasteiger partial charge in [-0.3, -0.25) is 0 Å². The lowest BCUT2D eigenvalue weighted by atomic mass is 10.1. The molecule has 8 heteroatoms. The van der Waals surface area contributed by atoms with E-state index in [0.29, 0.717) is 13.1 Å². The van der Waals surface area contributed by atoms with Crippen LogP contribution in [-0.4, -0.2) is 57.3 Å². The van der Waals surface area contributed by atoms with E-state index in [-0.39, 0.29) is 17.3 Å². The monoisotopic (exact) mass is 400 g/mol. The number of quaternary nitrogens is 1. The zero-order chi connectivity index (χ0) is 20.8. The first-order chi connectivity index (χ1) is 12.3. The van der Waals surface area contributed by atoms with E-state index in [2.05, 4.69) is 5.32 Å². The largest absolute Gasteiger partial charge is 0.382 e. The molecule has 154 valence electrons. The fourth-order valence-electron chi connectivity index (χ4n) is 2.11. The third-order valence-electron chi connectivity index (χ3n) is 3.74. The van der Waals surface area contributed by atoms with Crippen LogP contribution in [0.15, 0.2) is 24.3 Å². The molecule has 0 saturated heterocycles. The van der Waals surface area contributed by atoms with Crippen LogP contribution in [0.1, 0.15) is 40.2 Å². The van der Waals surface area contributed by atoms with Crippen LogP contribution in [0.25, 0.3) is 0 Å². The summed E-state index contributed by atoms with van der Waals surface area (Å²) in [5.41, 5.74) is 0.588. The maximum Gasteiger partial charge on any atom is 0.318 e. The molecule has 0 aliphatic carbocycles. The van der Waals surface area contributed by atoms with E-state index in [1.807, 2.05) is 34.9 Å². The Morgan fingerprint density at radius 1 is 1.19 bits per heavy atom. The van der Waals surface area contributed by atoms with Crippen LogP contribution in [0, 0.1) is 0 Å². The van der Waals surface area contributed by atoms with Crippen molar-refractivity contribution in [1.82, 2.24) is 10.2 Å². The number of carbonyl (C=O) groups excluding carboxylic acids is 1. The molecule has 0 aliphatic rings. The summed E-state index contributed by atoms with van der Waals surface area (Å²) < 4.78 is 28.8. The number of rotatable bonds is 8. The maximum atomic E-state index is 12.6. The lowest BCUT2D eigenvalue weighted by Crippen LogP contribution is -3.06. The van der Waals surface area contributed by atoms with Gasteiger partial charge in [0.25, 0.3) is 0 Å². The molecule has 1 aromatic rings. The number of urea groups is 1. The fraction of sp³-hybridized carbons (Fsp3) is 0.632. The number of hydrogen-bond donors (Lipinski definition) is 2. The van der Waals surface area contributed by atoms with Gasteiger partial charge in [0.05, 0.1) is 32.4 Å². The van der Waals surface area contributed by atoms with Crippen LogP contribution >= 0.6 is 0 Å². The molecule has 2 amide bonds. The summed E-state index contributed by atoms with van der Waals surface area (Å²) in [6.45, 7) is 10.9. The van der Waals surface area contributed by atoms with Gasteiger partial charge >= 0.3 is 16.1 Å². The van der Waals surface area contributed by atoms with Gasteiger partial charge in [-0.15, -0.1) is 0 Å². The predicted molar refractivity (Wildman–Crippen MR) is 107 cm³/mol. The Labute approximate surface area is 163 Å². The van der Waals surface area contributed by atoms with Crippen LogP contribution in [0.2, 0.25) is 0 Å². The van der Waals surface area contributed by atoms with Gasteiger partial charge in [-0.2, -0.15) is 8.42 Å². The standard InChI is InChI=1S/C19H33N3O4S/c1-15(2)27(24,25)26-17-10-8-16(9-11-17)14-22(13-12-21(6)7)18(23)20-19(3,4)5/h8-11,15H,12-14H2,1-7H3,(H,20,23)/p+1. The van der Waals surface area contributed by atoms with E-state index < -0.39 is 15.4 Å². The average Bonchev–Trinajstić information content (AvgIpc) is 2.50. The number of carbonyl (C=O) groups is 1. The molecule has 0 atom stereocenters. The Hall–Kier alpha value is -1.80. The Kier molecular flexibility index (Phi) is 8.10. The summed E-state index contributed by atoms with van der Waals surface area (Å²) in [6.07, 6.45) is 0. The fourth-order valence-corrected chi connectivity index (χ4v) is 2.68. The van der Waals surface area contributed by atoms with E-state index in [4.69, 9.17) is 4.18 Å². The summed E-state index contributed by atoms with van der Waals surface area (Å²) in [5, 5.41) is 2.38. The molecule has 0 unspecified atom stereocenters. The topological polar surface area (TPSA) is 80.2 Å². The second kappa shape index (κ2) is 9.41. The maximum absolute atomic E-state index is 12.6. The van der Waals surface area contributed by atoms with E-state index >= 15 is 0 Å². The van der Waals surface area contributed by atoms with Gasteiger partial charge in [-0.05, 0) is 52.3 Å². The van der Waals surface area contributed by atoms with Gasteiger partial charge in [0.1, 0.15) is 5.75 Å². The van der Waals surface area contributed by atoms with Crippen molar-refractivity contribution in [3.05, 3.63) is 29.8 Å². The molecule has 0 bridgehead atoms. The highest BCUT2D eigenvalue weighted by molar-refractivity contribution is 7.87. The van der Waals surface area contributed by atoms with E-state index in [1.165, 1.54) is 4.90 Å². The number of likely N-dealkylation sites (N-methyl/N-ethyl adjacent to an activating group) is 1. The predicted octanol–water partition coefficient (Wildman–Crippen LogP) is 1.26. The Morgan fingerprint density at radius 2 is 1.74 bits per heavy atom. The first-order valence-electron chi connectivity index (χ1n) is 9.18. The molecule has 2 N–H and O–H groups in total. The molecule has 1 rings (SSSR count). The Bertz CT molecular complexity index is 707. The molecule has 0 aromatic heterocycles. The molecule has 7 nitrogen and oxygen atoms in total. The molecule has 0 heterocycles. The van der Waals surface area contributed by atoms with Crippen molar-refractivity contribution < 1.29 is 22.3 Å². The summed E-state index contributed by atoms with van der Waals surface area (Å²) in [4.78, 5) is 15.6. The number of benzene rings is 1. The van der Waals surface area contributed by atoms with E-state index in [9.17, 15) is 13.2 Å². The highest BCUT2D eigenvalue weighted by atomic mass is 32.2. The minimum Gasteiger partial charge on any atom is -0.382 e. The SMILES string of the molecule is CC(C)S(=O)(=O)Oc1ccc(CN(CC[NH+](C)C)C(=O)NC(C)(C)C)cc1. The highest BCUT2D eigenvalue weighted by Gasteiger charge is 2.21. The summed E-state index contributed by atoms with van der Waals surface area (Å²) in [5.74, 6) is 0.274. The molecule has 1 aromatic carbocycles. The minimum atomic E-state index is -3.62. The van der Waals surface area contributed by atoms with Gasteiger partial charge < -0.3 is 19.3 Å². The second-order valence-corrected chi connectivity index (χ2v) is 10.4. The smallest absolute Gasteiger partial charge is 0.318 e. The average molecular weight is 401 g/mol. The number of nitrogens with zero attached hydrogens (tertiary/aromatic N) is 1. The van der Waals surface area contributed by atoms with Crippen LogP contribution in [0.3, 0.4) is 0 Å². The molecule has 27 heavy (non-hydrogen) atoms. The van der Waals surface area contributed by atoms with Gasteiger partial charge in [0.15, 0.2) is 0 Å². The zero-order valence-electron chi connectivity index (χ0n) is 17.5. The van der Waals surface area contributed by atoms with Crippen molar-refractivity contribution in [1.29, 1.82) is 0 Å². The van der Waals surface area contributed by atoms with Crippen LogP contribution in [0.5, 0.6) is 5.75 Å². The van der Waals surface area contributed by atoms with Crippen LogP contribution in [0.4, 0.5) is 4.79 Å². The lowest BCUT2D eigenvalue weighted by Gasteiger charge is -2.28. The number of nitrogens with one attached hydrogen (secondary N) is 2. The minimum absolute atomic E-state index is 0.119. The molecule has 0 aliphatic heterocycles. The van der Waals surface area contributed by atoms with Crippen molar-refractivity contribution in [2.24, 2.45) is 0 Å². The Balaban J connectivity index is 2.86. The lowest BCUT2D eigenvalue weighted by molar-refractivity contribution is -0.857.